The molecule has 0 saturated heterocycles. The Bertz CT molecular complexity index is 1590. The summed E-state index contributed by atoms with van der Waals surface area (Å²) in [5.74, 6) is 0. The van der Waals surface area contributed by atoms with E-state index < -0.39 is 0 Å². The molecule has 0 nitrogen and oxygen atoms in total. The first-order valence-electron chi connectivity index (χ1n) is 11.5. The fraction of sp³-hybridized carbons (Fsp3) is 0.0303. The molecule has 0 bridgehead atoms. The van der Waals surface area contributed by atoms with Crippen LogP contribution in [0.2, 0.25) is 0 Å². The third-order valence-corrected chi connectivity index (χ3v) is 7.31. The molecule has 5 aromatic carbocycles. The van der Waals surface area contributed by atoms with E-state index >= 15 is 0 Å². The van der Waals surface area contributed by atoms with Crippen molar-refractivity contribution < 1.29 is 0 Å². The van der Waals surface area contributed by atoms with Gasteiger partial charge < -0.3 is 0 Å². The van der Waals surface area contributed by atoms with Crippen LogP contribution in [0, 0.1) is 0 Å². The van der Waals surface area contributed by atoms with Crippen molar-refractivity contribution in [3.8, 4) is 0 Å². The van der Waals surface area contributed by atoms with Crippen LogP contribution in [0.4, 0.5) is 0 Å². The number of allylic oxidation sites excluding steroid dienone is 5. The van der Waals surface area contributed by atoms with Crippen molar-refractivity contribution in [3.05, 3.63) is 155 Å². The van der Waals surface area contributed by atoms with Gasteiger partial charge in [-0.05, 0) is 61.0 Å². The number of benzene rings is 5. The van der Waals surface area contributed by atoms with Gasteiger partial charge in [-0.1, -0.05) is 127 Å². The van der Waals surface area contributed by atoms with Crippen LogP contribution in [0.25, 0.3) is 33.2 Å². The van der Waals surface area contributed by atoms with E-state index in [-0.39, 0.29) is 5.41 Å². The molecule has 5 aromatic rings. The highest BCUT2D eigenvalue weighted by Crippen LogP contribution is 2.55. The van der Waals surface area contributed by atoms with Crippen molar-refractivity contribution in [3.63, 3.8) is 0 Å². The Balaban J connectivity index is 1.61. The number of hydrogen-bond acceptors (Lipinski definition) is 0. The molecule has 2 aliphatic rings. The molecule has 0 atom stereocenters. The lowest BCUT2D eigenvalue weighted by Crippen LogP contribution is -2.29. The van der Waals surface area contributed by atoms with Crippen LogP contribution in [0.3, 0.4) is 0 Å². The Kier molecular flexibility index (Phi) is 3.86. The summed E-state index contributed by atoms with van der Waals surface area (Å²) in [6, 6.07) is 39.6. The highest BCUT2D eigenvalue weighted by Gasteiger charge is 2.42. The summed E-state index contributed by atoms with van der Waals surface area (Å²) in [6.45, 7) is 0. The van der Waals surface area contributed by atoms with Crippen molar-refractivity contribution >= 4 is 33.2 Å². The summed E-state index contributed by atoms with van der Waals surface area (Å²) in [7, 11) is 0. The molecule has 0 aliphatic heterocycles. The zero-order valence-corrected chi connectivity index (χ0v) is 18.2. The molecule has 7 rings (SSSR count). The van der Waals surface area contributed by atoms with Crippen molar-refractivity contribution in [2.45, 2.75) is 5.41 Å². The fourth-order valence-electron chi connectivity index (χ4n) is 5.92. The van der Waals surface area contributed by atoms with Gasteiger partial charge in [0.1, 0.15) is 0 Å². The van der Waals surface area contributed by atoms with Gasteiger partial charge in [-0.3, -0.25) is 0 Å². The highest BCUT2D eigenvalue weighted by atomic mass is 14.4. The minimum Gasteiger partial charge on any atom is -0.0652 e. The number of rotatable bonds is 2. The summed E-state index contributed by atoms with van der Waals surface area (Å²) in [6.07, 6.45) is 9.40. The van der Waals surface area contributed by atoms with Gasteiger partial charge in [0.2, 0.25) is 0 Å². The van der Waals surface area contributed by atoms with E-state index in [1.165, 1.54) is 54.9 Å². The van der Waals surface area contributed by atoms with Crippen LogP contribution in [0.1, 0.15) is 22.3 Å². The molecule has 0 saturated carbocycles. The zero-order chi connectivity index (χ0) is 21.8. The largest absolute Gasteiger partial charge is 0.0652 e. The SMILES string of the molecule is C1=CC(c2ccccc2)(c2ccccc2)C2=Cc3c(c4ccccc4c4ccccc34)C2=C1. The molecule has 0 fully saturated rings. The predicted molar refractivity (Wildman–Crippen MR) is 140 cm³/mol. The van der Waals surface area contributed by atoms with Gasteiger partial charge in [-0.2, -0.15) is 0 Å². The molecule has 154 valence electrons. The molecule has 2 aliphatic carbocycles. The lowest BCUT2D eigenvalue weighted by molar-refractivity contribution is 0.785. The molecule has 0 spiro atoms. The Morgan fingerprint density at radius 3 is 1.64 bits per heavy atom. The maximum Gasteiger partial charge on any atom is 0.0641 e. The first-order chi connectivity index (χ1) is 16.4. The molecule has 0 aromatic heterocycles. The Morgan fingerprint density at radius 1 is 0.485 bits per heavy atom. The van der Waals surface area contributed by atoms with Crippen LogP contribution < -0.4 is 0 Å². The molecule has 0 N–H and O–H groups in total. The standard InChI is InChI=1S/C33H22/c1-3-12-23(13-4-1)33(24-14-5-2-6-15-24)21-11-20-29-31(33)22-30-27-18-8-7-16-25(27)26-17-9-10-19-28(26)32(29)30/h1-22H. The minimum absolute atomic E-state index is 0.326. The second kappa shape index (κ2) is 6.92. The normalized spacial score (nSPS) is 15.8. The van der Waals surface area contributed by atoms with Crippen molar-refractivity contribution in [1.82, 2.24) is 0 Å². The Hall–Kier alpha value is -4.16. The van der Waals surface area contributed by atoms with E-state index in [9.17, 15) is 0 Å². The first kappa shape index (κ1) is 18.4. The topological polar surface area (TPSA) is 0 Å². The second-order valence-corrected chi connectivity index (χ2v) is 8.92. The van der Waals surface area contributed by atoms with E-state index in [1.54, 1.807) is 0 Å². The van der Waals surface area contributed by atoms with Gasteiger partial charge in [-0.25, -0.2) is 0 Å². The lowest BCUT2D eigenvalue weighted by Gasteiger charge is -2.36. The molecular weight excluding hydrogens is 396 g/mol. The molecular formula is C33H22. The van der Waals surface area contributed by atoms with Gasteiger partial charge in [0.15, 0.2) is 0 Å². The number of fused-ring (bicyclic) bond motifs is 8. The van der Waals surface area contributed by atoms with E-state index in [1.807, 2.05) is 0 Å². The Labute approximate surface area is 193 Å². The molecule has 33 heavy (non-hydrogen) atoms. The third-order valence-electron chi connectivity index (χ3n) is 7.31. The molecule has 0 radical (unpaired) electrons. The van der Waals surface area contributed by atoms with Crippen LogP contribution in [-0.2, 0) is 5.41 Å². The quantitative estimate of drug-likeness (QED) is 0.253. The second-order valence-electron chi connectivity index (χ2n) is 8.92. The van der Waals surface area contributed by atoms with Crippen molar-refractivity contribution in [2.24, 2.45) is 0 Å². The van der Waals surface area contributed by atoms with E-state index in [0.29, 0.717) is 0 Å². The van der Waals surface area contributed by atoms with Gasteiger partial charge in [-0.15, -0.1) is 0 Å². The lowest BCUT2D eigenvalue weighted by atomic mass is 9.65. The van der Waals surface area contributed by atoms with Crippen LogP contribution in [0.15, 0.2) is 133 Å². The smallest absolute Gasteiger partial charge is 0.0641 e. The van der Waals surface area contributed by atoms with Crippen molar-refractivity contribution in [1.29, 1.82) is 0 Å². The maximum absolute atomic E-state index is 2.46. The van der Waals surface area contributed by atoms with Gasteiger partial charge >= 0.3 is 0 Å². The summed E-state index contributed by atoms with van der Waals surface area (Å²) in [5.41, 5.74) is 7.66. The maximum atomic E-state index is 2.46. The zero-order valence-electron chi connectivity index (χ0n) is 18.2. The van der Waals surface area contributed by atoms with E-state index in [2.05, 4.69) is 133 Å². The Morgan fingerprint density at radius 2 is 1.00 bits per heavy atom. The molecule has 0 heterocycles. The van der Waals surface area contributed by atoms with Gasteiger partial charge in [0.25, 0.3) is 0 Å². The minimum atomic E-state index is -0.326. The monoisotopic (exact) mass is 418 g/mol. The average Bonchev–Trinajstić information content (AvgIpc) is 3.30. The molecule has 0 heteroatoms. The molecule has 0 unspecified atom stereocenters. The first-order valence-corrected chi connectivity index (χ1v) is 11.5. The third kappa shape index (κ3) is 2.46. The summed E-state index contributed by atoms with van der Waals surface area (Å²) >= 11 is 0. The summed E-state index contributed by atoms with van der Waals surface area (Å²) in [5, 5.41) is 5.29. The number of hydrogen-bond donors (Lipinski definition) is 0. The van der Waals surface area contributed by atoms with Gasteiger partial charge in [0.05, 0.1) is 5.41 Å². The van der Waals surface area contributed by atoms with Crippen LogP contribution in [0.5, 0.6) is 0 Å². The summed E-state index contributed by atoms with van der Waals surface area (Å²) in [4.78, 5) is 0. The average molecular weight is 419 g/mol. The van der Waals surface area contributed by atoms with Crippen LogP contribution >= 0.6 is 0 Å². The van der Waals surface area contributed by atoms with E-state index in [0.717, 1.165) is 0 Å². The summed E-state index contributed by atoms with van der Waals surface area (Å²) < 4.78 is 0. The molecule has 0 amide bonds. The highest BCUT2D eigenvalue weighted by molar-refractivity contribution is 6.20. The van der Waals surface area contributed by atoms with E-state index in [4.69, 9.17) is 0 Å². The van der Waals surface area contributed by atoms with Gasteiger partial charge in [0, 0.05) is 0 Å². The van der Waals surface area contributed by atoms with Crippen LogP contribution in [-0.4, -0.2) is 0 Å². The van der Waals surface area contributed by atoms with Crippen molar-refractivity contribution in [2.75, 3.05) is 0 Å². The fourth-order valence-corrected chi connectivity index (χ4v) is 5.92. The predicted octanol–water partition coefficient (Wildman–Crippen LogP) is 8.33.